The summed E-state index contributed by atoms with van der Waals surface area (Å²) in [6.07, 6.45) is 4.33. The molecular formula is C15H13BrCl3N. The lowest BCUT2D eigenvalue weighted by Gasteiger charge is -2.30. The molecule has 0 spiro atoms. The molecule has 2 aromatic rings. The second-order valence-corrected chi connectivity index (χ2v) is 6.63. The van der Waals surface area contributed by atoms with Crippen molar-refractivity contribution in [2.24, 2.45) is 0 Å². The molecular weight excluding hydrogens is 380 g/mol. The van der Waals surface area contributed by atoms with Crippen LogP contribution in [0.1, 0.15) is 11.1 Å². The number of benzene rings is 1. The van der Waals surface area contributed by atoms with Crippen molar-refractivity contribution >= 4 is 50.7 Å². The lowest BCUT2D eigenvalue weighted by molar-refractivity contribution is 0.535. The van der Waals surface area contributed by atoms with Gasteiger partial charge in [0.2, 0.25) is 0 Å². The number of pyridine rings is 1. The van der Waals surface area contributed by atoms with Gasteiger partial charge in [-0.1, -0.05) is 23.7 Å². The van der Waals surface area contributed by atoms with Crippen LogP contribution in [0.2, 0.25) is 5.02 Å². The highest BCUT2D eigenvalue weighted by Gasteiger charge is 2.31. The zero-order valence-corrected chi connectivity index (χ0v) is 14.5. The monoisotopic (exact) mass is 391 g/mol. The molecule has 1 aromatic heterocycles. The molecule has 0 N–H and O–H groups in total. The summed E-state index contributed by atoms with van der Waals surface area (Å²) in [6.45, 7) is 0. The second kappa shape index (κ2) is 7.13. The molecule has 5 heteroatoms. The highest BCUT2D eigenvalue weighted by molar-refractivity contribution is 9.10. The molecule has 1 nitrogen and oxygen atoms in total. The van der Waals surface area contributed by atoms with E-state index < -0.39 is 0 Å². The molecule has 2 rings (SSSR count). The zero-order valence-electron chi connectivity index (χ0n) is 10.6. The van der Waals surface area contributed by atoms with Gasteiger partial charge in [0.15, 0.2) is 0 Å². The molecule has 0 aliphatic rings. The fourth-order valence-corrected chi connectivity index (χ4v) is 3.45. The minimum absolute atomic E-state index is 0.323. The van der Waals surface area contributed by atoms with Crippen molar-refractivity contribution in [3.05, 3.63) is 63.3 Å². The van der Waals surface area contributed by atoms with E-state index in [-0.39, 0.29) is 5.41 Å². The molecule has 0 saturated carbocycles. The number of alkyl halides is 2. The van der Waals surface area contributed by atoms with Gasteiger partial charge in [-0.3, -0.25) is 4.98 Å². The molecule has 20 heavy (non-hydrogen) atoms. The first kappa shape index (κ1) is 16.1. The van der Waals surface area contributed by atoms with E-state index in [2.05, 4.69) is 20.9 Å². The summed E-state index contributed by atoms with van der Waals surface area (Å²) in [5, 5.41) is 0.705. The quantitative estimate of drug-likeness (QED) is 0.615. The number of hydrogen-bond donors (Lipinski definition) is 0. The average Bonchev–Trinajstić information content (AvgIpc) is 2.46. The van der Waals surface area contributed by atoms with Crippen LogP contribution >= 0.6 is 50.7 Å². The third-order valence-electron chi connectivity index (χ3n) is 3.27. The number of halogens is 4. The minimum Gasteiger partial charge on any atom is -0.263 e. The number of hydrogen-bond acceptors (Lipinski definition) is 1. The van der Waals surface area contributed by atoms with Gasteiger partial charge in [-0.2, -0.15) is 0 Å². The van der Waals surface area contributed by atoms with Crippen molar-refractivity contribution in [3.8, 4) is 0 Å². The van der Waals surface area contributed by atoms with Gasteiger partial charge < -0.3 is 0 Å². The van der Waals surface area contributed by atoms with E-state index >= 15 is 0 Å². The SMILES string of the molecule is ClCC(CCl)(Cc1cncc(Br)c1)c1ccc(Cl)cc1. The molecule has 0 amide bonds. The largest absolute Gasteiger partial charge is 0.263 e. The van der Waals surface area contributed by atoms with Crippen molar-refractivity contribution in [1.82, 2.24) is 4.98 Å². The smallest absolute Gasteiger partial charge is 0.0410 e. The number of aromatic nitrogens is 1. The predicted octanol–water partition coefficient (Wildman–Crippen LogP) is 5.46. The molecule has 106 valence electrons. The van der Waals surface area contributed by atoms with Crippen molar-refractivity contribution in [2.45, 2.75) is 11.8 Å². The molecule has 0 aliphatic heterocycles. The number of rotatable bonds is 5. The summed E-state index contributed by atoms with van der Waals surface area (Å²) >= 11 is 21.9. The Labute approximate surface area is 142 Å². The van der Waals surface area contributed by atoms with Gasteiger partial charge in [-0.05, 0) is 51.7 Å². The van der Waals surface area contributed by atoms with Crippen LogP contribution in [-0.2, 0) is 11.8 Å². The third kappa shape index (κ3) is 3.67. The van der Waals surface area contributed by atoms with E-state index in [1.807, 2.05) is 36.5 Å². The Morgan fingerprint density at radius 3 is 2.25 bits per heavy atom. The normalized spacial score (nSPS) is 11.6. The topological polar surface area (TPSA) is 12.9 Å². The lowest BCUT2D eigenvalue weighted by Crippen LogP contribution is -2.33. The van der Waals surface area contributed by atoms with E-state index in [0.29, 0.717) is 16.8 Å². The van der Waals surface area contributed by atoms with Crippen LogP contribution in [0.5, 0.6) is 0 Å². The Morgan fingerprint density at radius 1 is 1.05 bits per heavy atom. The molecule has 0 atom stereocenters. The van der Waals surface area contributed by atoms with Gasteiger partial charge in [0.1, 0.15) is 0 Å². The van der Waals surface area contributed by atoms with Gasteiger partial charge in [0.05, 0.1) is 0 Å². The summed E-state index contributed by atoms with van der Waals surface area (Å²) in [5.74, 6) is 0.870. The highest BCUT2D eigenvalue weighted by Crippen LogP contribution is 2.32. The Bertz CT molecular complexity index is 568. The van der Waals surface area contributed by atoms with Crippen molar-refractivity contribution in [2.75, 3.05) is 11.8 Å². The maximum Gasteiger partial charge on any atom is 0.0410 e. The standard InChI is InChI=1S/C15H13BrCl3N/c16-13-5-11(7-20-8-13)6-15(9-17,10-18)12-1-3-14(19)4-2-12/h1-5,7-8H,6,9-10H2. The first-order chi connectivity index (χ1) is 9.59. The molecule has 0 fully saturated rings. The zero-order chi connectivity index (χ0) is 14.6. The average molecular weight is 394 g/mol. The summed E-state index contributed by atoms with van der Waals surface area (Å²) < 4.78 is 0.948. The maximum atomic E-state index is 6.24. The van der Waals surface area contributed by atoms with Gasteiger partial charge in [-0.15, -0.1) is 23.2 Å². The minimum atomic E-state index is -0.323. The van der Waals surface area contributed by atoms with Gasteiger partial charge in [-0.25, -0.2) is 0 Å². The predicted molar refractivity (Wildman–Crippen MR) is 90.2 cm³/mol. The summed E-state index contributed by atoms with van der Waals surface area (Å²) in [5.41, 5.74) is 1.86. The molecule has 0 saturated heterocycles. The van der Waals surface area contributed by atoms with E-state index in [1.165, 1.54) is 0 Å². The Balaban J connectivity index is 2.36. The molecule has 1 heterocycles. The van der Waals surface area contributed by atoms with E-state index in [9.17, 15) is 0 Å². The second-order valence-electron chi connectivity index (χ2n) is 4.74. The van der Waals surface area contributed by atoms with Crippen LogP contribution in [0.25, 0.3) is 0 Å². The van der Waals surface area contributed by atoms with Crippen LogP contribution in [0.3, 0.4) is 0 Å². The van der Waals surface area contributed by atoms with Crippen molar-refractivity contribution in [1.29, 1.82) is 0 Å². The summed E-state index contributed by atoms with van der Waals surface area (Å²) in [6, 6.07) is 9.74. The Kier molecular flexibility index (Phi) is 5.74. The fraction of sp³-hybridized carbons (Fsp3) is 0.267. The molecule has 0 radical (unpaired) electrons. The van der Waals surface area contributed by atoms with Crippen LogP contribution in [0.4, 0.5) is 0 Å². The molecule has 0 unspecified atom stereocenters. The molecule has 0 bridgehead atoms. The fourth-order valence-electron chi connectivity index (χ4n) is 2.13. The highest BCUT2D eigenvalue weighted by atomic mass is 79.9. The Hall–Kier alpha value is -0.280. The number of nitrogens with zero attached hydrogens (tertiary/aromatic N) is 1. The van der Waals surface area contributed by atoms with Crippen molar-refractivity contribution in [3.63, 3.8) is 0 Å². The first-order valence-corrected chi connectivity index (χ1v) is 8.31. The molecule has 1 aromatic carbocycles. The van der Waals surface area contributed by atoms with E-state index in [1.54, 1.807) is 6.20 Å². The maximum absolute atomic E-state index is 6.24. The summed E-state index contributed by atoms with van der Waals surface area (Å²) in [4.78, 5) is 4.19. The van der Waals surface area contributed by atoms with Gasteiger partial charge in [0.25, 0.3) is 0 Å². The molecule has 0 aliphatic carbocycles. The van der Waals surface area contributed by atoms with Crippen LogP contribution < -0.4 is 0 Å². The lowest BCUT2D eigenvalue weighted by atomic mass is 9.79. The Morgan fingerprint density at radius 2 is 1.70 bits per heavy atom. The van der Waals surface area contributed by atoms with Gasteiger partial charge >= 0.3 is 0 Å². The van der Waals surface area contributed by atoms with E-state index in [0.717, 1.165) is 22.0 Å². The van der Waals surface area contributed by atoms with Crippen LogP contribution in [0, 0.1) is 0 Å². The third-order valence-corrected chi connectivity index (χ3v) is 4.98. The van der Waals surface area contributed by atoms with Crippen LogP contribution in [-0.4, -0.2) is 16.7 Å². The van der Waals surface area contributed by atoms with Gasteiger partial charge in [0, 0.05) is 39.1 Å². The summed E-state index contributed by atoms with van der Waals surface area (Å²) in [7, 11) is 0. The van der Waals surface area contributed by atoms with Crippen molar-refractivity contribution < 1.29 is 0 Å². The van der Waals surface area contributed by atoms with Crippen LogP contribution in [0.15, 0.2) is 47.2 Å². The first-order valence-electron chi connectivity index (χ1n) is 6.07. The van der Waals surface area contributed by atoms with E-state index in [4.69, 9.17) is 34.8 Å².